The number of pyridine rings is 2. The van der Waals surface area contributed by atoms with Crippen LogP contribution in [0.25, 0.3) is 10.9 Å². The zero-order chi connectivity index (χ0) is 16.4. The molecular formula is C19H19N3O. The molecule has 0 spiro atoms. The Morgan fingerprint density at radius 3 is 2.65 bits per heavy atom. The van der Waals surface area contributed by atoms with Crippen LogP contribution in [-0.2, 0) is 6.54 Å². The Hall–Kier alpha value is -2.75. The molecule has 0 aliphatic rings. The molecule has 0 unspecified atom stereocenters. The Morgan fingerprint density at radius 1 is 1.04 bits per heavy atom. The van der Waals surface area contributed by atoms with Crippen LogP contribution in [0.1, 0.15) is 33.0 Å². The zero-order valence-electron chi connectivity index (χ0n) is 13.6. The van der Waals surface area contributed by atoms with Crippen LogP contribution in [0.5, 0.6) is 0 Å². The molecule has 0 saturated heterocycles. The number of benzene rings is 1. The molecule has 23 heavy (non-hydrogen) atoms. The Kier molecular flexibility index (Phi) is 4.06. The molecule has 1 aromatic carbocycles. The molecule has 2 heterocycles. The molecule has 0 atom stereocenters. The smallest absolute Gasteiger partial charge is 0.253 e. The second-order valence-electron chi connectivity index (χ2n) is 5.77. The second kappa shape index (κ2) is 6.16. The molecule has 4 nitrogen and oxygen atoms in total. The van der Waals surface area contributed by atoms with Gasteiger partial charge in [-0.1, -0.05) is 18.2 Å². The standard InChI is InChI=1S/C19H19N3O/c1-12-7-8-15-10-17(14(3)22-18(15)9-12)19(23)20-11-16-6-4-5-13(2)21-16/h4-10H,11H2,1-3H3,(H,20,23). The van der Waals surface area contributed by atoms with Crippen LogP contribution >= 0.6 is 0 Å². The number of nitrogens with zero attached hydrogens (tertiary/aromatic N) is 2. The number of carbonyl (C=O) groups is 1. The van der Waals surface area contributed by atoms with Gasteiger partial charge >= 0.3 is 0 Å². The third-order valence-electron chi connectivity index (χ3n) is 3.78. The maximum absolute atomic E-state index is 12.5. The van der Waals surface area contributed by atoms with E-state index in [0.717, 1.165) is 33.5 Å². The second-order valence-corrected chi connectivity index (χ2v) is 5.77. The van der Waals surface area contributed by atoms with Crippen LogP contribution in [0.4, 0.5) is 0 Å². The maximum atomic E-state index is 12.5. The van der Waals surface area contributed by atoms with Crippen LogP contribution in [0.3, 0.4) is 0 Å². The number of aryl methyl sites for hydroxylation is 3. The van der Waals surface area contributed by atoms with Gasteiger partial charge in [0.25, 0.3) is 5.91 Å². The SMILES string of the molecule is Cc1ccc2cc(C(=O)NCc3cccc(C)n3)c(C)nc2c1. The van der Waals surface area contributed by atoms with Gasteiger partial charge in [0.05, 0.1) is 29.0 Å². The molecule has 0 aliphatic carbocycles. The van der Waals surface area contributed by atoms with Gasteiger partial charge in [0.15, 0.2) is 0 Å². The summed E-state index contributed by atoms with van der Waals surface area (Å²) in [6, 6.07) is 13.7. The quantitative estimate of drug-likeness (QED) is 0.806. The lowest BCUT2D eigenvalue weighted by atomic mass is 10.1. The molecule has 0 bridgehead atoms. The van der Waals surface area contributed by atoms with Crippen molar-refractivity contribution in [3.63, 3.8) is 0 Å². The summed E-state index contributed by atoms with van der Waals surface area (Å²) in [4.78, 5) is 21.4. The lowest BCUT2D eigenvalue weighted by molar-refractivity contribution is 0.0949. The third kappa shape index (κ3) is 3.37. The highest BCUT2D eigenvalue weighted by Crippen LogP contribution is 2.18. The van der Waals surface area contributed by atoms with E-state index >= 15 is 0 Å². The van der Waals surface area contributed by atoms with Gasteiger partial charge in [-0.05, 0) is 50.6 Å². The van der Waals surface area contributed by atoms with Crippen molar-refractivity contribution >= 4 is 16.8 Å². The van der Waals surface area contributed by atoms with Gasteiger partial charge in [-0.3, -0.25) is 14.8 Å². The monoisotopic (exact) mass is 305 g/mol. The fourth-order valence-electron chi connectivity index (χ4n) is 2.57. The van der Waals surface area contributed by atoms with Gasteiger partial charge < -0.3 is 5.32 Å². The minimum Gasteiger partial charge on any atom is -0.346 e. The molecule has 3 rings (SSSR count). The number of rotatable bonds is 3. The average molecular weight is 305 g/mol. The summed E-state index contributed by atoms with van der Waals surface area (Å²) >= 11 is 0. The van der Waals surface area contributed by atoms with Crippen molar-refractivity contribution in [1.82, 2.24) is 15.3 Å². The Labute approximate surface area is 135 Å². The van der Waals surface area contributed by atoms with Crippen LogP contribution in [0.2, 0.25) is 0 Å². The predicted molar refractivity (Wildman–Crippen MR) is 91.4 cm³/mol. The fourth-order valence-corrected chi connectivity index (χ4v) is 2.57. The van der Waals surface area contributed by atoms with Crippen molar-refractivity contribution < 1.29 is 4.79 Å². The molecule has 1 N–H and O–H groups in total. The van der Waals surface area contributed by atoms with Crippen LogP contribution < -0.4 is 5.32 Å². The van der Waals surface area contributed by atoms with E-state index in [1.807, 2.05) is 63.2 Å². The number of nitrogens with one attached hydrogen (secondary N) is 1. The molecule has 0 radical (unpaired) electrons. The van der Waals surface area contributed by atoms with E-state index in [1.54, 1.807) is 0 Å². The first-order chi connectivity index (χ1) is 11.0. The third-order valence-corrected chi connectivity index (χ3v) is 3.78. The Bertz CT molecular complexity index is 887. The number of aromatic nitrogens is 2. The van der Waals surface area contributed by atoms with Crippen LogP contribution in [0, 0.1) is 20.8 Å². The highest BCUT2D eigenvalue weighted by molar-refractivity contribution is 5.98. The molecule has 116 valence electrons. The van der Waals surface area contributed by atoms with Crippen molar-refractivity contribution in [2.24, 2.45) is 0 Å². The van der Waals surface area contributed by atoms with E-state index in [0.29, 0.717) is 12.1 Å². The Morgan fingerprint density at radius 2 is 1.87 bits per heavy atom. The van der Waals surface area contributed by atoms with Gasteiger partial charge in [0, 0.05) is 11.1 Å². The van der Waals surface area contributed by atoms with E-state index in [1.165, 1.54) is 0 Å². The molecule has 0 saturated carbocycles. The highest BCUT2D eigenvalue weighted by Gasteiger charge is 2.12. The summed E-state index contributed by atoms with van der Waals surface area (Å²) in [5.41, 5.74) is 5.20. The van der Waals surface area contributed by atoms with Crippen LogP contribution in [0.15, 0.2) is 42.5 Å². The zero-order valence-corrected chi connectivity index (χ0v) is 13.6. The van der Waals surface area contributed by atoms with Crippen molar-refractivity contribution in [3.8, 4) is 0 Å². The summed E-state index contributed by atoms with van der Waals surface area (Å²) in [5, 5.41) is 3.89. The first kappa shape index (κ1) is 15.2. The molecule has 0 fully saturated rings. The highest BCUT2D eigenvalue weighted by atomic mass is 16.1. The summed E-state index contributed by atoms with van der Waals surface area (Å²) in [5.74, 6) is -0.124. The predicted octanol–water partition coefficient (Wildman–Crippen LogP) is 3.49. The van der Waals surface area contributed by atoms with Gasteiger partial charge in [0.1, 0.15) is 0 Å². The van der Waals surface area contributed by atoms with Crippen molar-refractivity contribution in [3.05, 3.63) is 70.7 Å². The normalized spacial score (nSPS) is 10.7. The first-order valence-corrected chi connectivity index (χ1v) is 7.62. The summed E-state index contributed by atoms with van der Waals surface area (Å²) < 4.78 is 0. The minimum atomic E-state index is -0.124. The topological polar surface area (TPSA) is 54.9 Å². The first-order valence-electron chi connectivity index (χ1n) is 7.62. The molecule has 2 aromatic heterocycles. The molecular weight excluding hydrogens is 286 g/mol. The number of hydrogen-bond donors (Lipinski definition) is 1. The molecule has 3 aromatic rings. The van der Waals surface area contributed by atoms with E-state index in [2.05, 4.69) is 15.3 Å². The van der Waals surface area contributed by atoms with Gasteiger partial charge in [0.2, 0.25) is 0 Å². The largest absolute Gasteiger partial charge is 0.346 e. The lowest BCUT2D eigenvalue weighted by Gasteiger charge is -2.09. The number of amides is 1. The Balaban J connectivity index is 1.83. The minimum absolute atomic E-state index is 0.124. The van der Waals surface area contributed by atoms with Crippen molar-refractivity contribution in [2.75, 3.05) is 0 Å². The lowest BCUT2D eigenvalue weighted by Crippen LogP contribution is -2.24. The molecule has 1 amide bonds. The van der Waals surface area contributed by atoms with E-state index in [9.17, 15) is 4.79 Å². The van der Waals surface area contributed by atoms with Crippen LogP contribution in [-0.4, -0.2) is 15.9 Å². The maximum Gasteiger partial charge on any atom is 0.253 e. The summed E-state index contributed by atoms with van der Waals surface area (Å²) in [6.45, 7) is 6.24. The number of carbonyl (C=O) groups excluding carboxylic acids is 1. The average Bonchev–Trinajstić information content (AvgIpc) is 2.52. The van der Waals surface area contributed by atoms with Gasteiger partial charge in [-0.25, -0.2) is 0 Å². The number of hydrogen-bond acceptors (Lipinski definition) is 3. The molecule has 0 aliphatic heterocycles. The summed E-state index contributed by atoms with van der Waals surface area (Å²) in [7, 11) is 0. The number of fused-ring (bicyclic) bond motifs is 1. The van der Waals surface area contributed by atoms with Crippen molar-refractivity contribution in [1.29, 1.82) is 0 Å². The van der Waals surface area contributed by atoms with Gasteiger partial charge in [-0.15, -0.1) is 0 Å². The van der Waals surface area contributed by atoms with E-state index < -0.39 is 0 Å². The van der Waals surface area contributed by atoms with E-state index in [-0.39, 0.29) is 5.91 Å². The molecule has 4 heteroatoms. The van der Waals surface area contributed by atoms with Crippen molar-refractivity contribution in [2.45, 2.75) is 27.3 Å². The fraction of sp³-hybridized carbons (Fsp3) is 0.211. The van der Waals surface area contributed by atoms with E-state index in [4.69, 9.17) is 0 Å². The van der Waals surface area contributed by atoms with Gasteiger partial charge in [-0.2, -0.15) is 0 Å². The summed E-state index contributed by atoms with van der Waals surface area (Å²) in [6.07, 6.45) is 0.